The van der Waals surface area contributed by atoms with Crippen molar-refractivity contribution in [2.24, 2.45) is 0 Å². The maximum Gasteiger partial charge on any atom is 0.147 e. The zero-order valence-corrected chi connectivity index (χ0v) is 8.09. The minimum absolute atomic E-state index is 0.108. The van der Waals surface area contributed by atoms with Crippen LogP contribution in [0.15, 0.2) is 41.1 Å². The fourth-order valence-corrected chi connectivity index (χ4v) is 1.35. The molecule has 1 heterocycles. The lowest BCUT2D eigenvalue weighted by Crippen LogP contribution is -2.06. The minimum Gasteiger partial charge on any atom is -0.345 e. The van der Waals surface area contributed by atoms with Crippen LogP contribution in [0, 0.1) is 0 Å². The van der Waals surface area contributed by atoms with Gasteiger partial charge in [-0.1, -0.05) is 30.3 Å². The molecule has 0 N–H and O–H groups in total. The highest BCUT2D eigenvalue weighted by molar-refractivity contribution is 5.82. The van der Waals surface area contributed by atoms with Gasteiger partial charge < -0.3 is 4.52 Å². The number of hydrogen-bond donors (Lipinski definition) is 0. The fourth-order valence-electron chi connectivity index (χ4n) is 1.35. The van der Waals surface area contributed by atoms with Gasteiger partial charge in [0.05, 0.1) is 6.42 Å². The van der Waals surface area contributed by atoms with Crippen molar-refractivity contribution in [3.05, 3.63) is 47.9 Å². The summed E-state index contributed by atoms with van der Waals surface area (Å²) in [6, 6.07) is 9.62. The molecule has 1 aromatic carbocycles. The van der Waals surface area contributed by atoms with Crippen molar-refractivity contribution in [2.45, 2.75) is 12.8 Å². The monoisotopic (exact) mass is 202 g/mol. The molecular weight excluding hydrogens is 192 g/mol. The van der Waals surface area contributed by atoms with Crippen LogP contribution in [0.25, 0.3) is 0 Å². The van der Waals surface area contributed by atoms with E-state index < -0.39 is 0 Å². The number of benzene rings is 1. The van der Waals surface area contributed by atoms with Crippen molar-refractivity contribution >= 4 is 5.78 Å². The summed E-state index contributed by atoms with van der Waals surface area (Å²) in [7, 11) is 0. The molecule has 15 heavy (non-hydrogen) atoms. The highest BCUT2D eigenvalue weighted by atomic mass is 16.5. The van der Waals surface area contributed by atoms with E-state index >= 15 is 0 Å². The van der Waals surface area contributed by atoms with Crippen molar-refractivity contribution in [2.75, 3.05) is 0 Å². The zero-order chi connectivity index (χ0) is 10.5. The van der Waals surface area contributed by atoms with Crippen LogP contribution < -0.4 is 0 Å². The zero-order valence-electron chi connectivity index (χ0n) is 8.09. The van der Waals surface area contributed by atoms with E-state index in [1.54, 1.807) is 0 Å². The van der Waals surface area contributed by atoms with Gasteiger partial charge in [0.2, 0.25) is 0 Å². The van der Waals surface area contributed by atoms with E-state index in [9.17, 15) is 4.79 Å². The summed E-state index contributed by atoms with van der Waals surface area (Å²) in [5.41, 5.74) is 1.59. The molecule has 0 atom stereocenters. The third-order valence-electron chi connectivity index (χ3n) is 2.03. The van der Waals surface area contributed by atoms with Crippen LogP contribution in [0.1, 0.15) is 11.3 Å². The Balaban J connectivity index is 1.94. The first kappa shape index (κ1) is 9.58. The molecule has 0 unspecified atom stereocenters. The first-order valence-corrected chi connectivity index (χ1v) is 4.66. The summed E-state index contributed by atoms with van der Waals surface area (Å²) < 4.78 is 4.55. The Bertz CT molecular complexity index is 423. The normalized spacial score (nSPS) is 10.1. The molecule has 1 aromatic heterocycles. The number of aromatic nitrogens is 2. The van der Waals surface area contributed by atoms with Gasteiger partial charge >= 0.3 is 0 Å². The third-order valence-corrected chi connectivity index (χ3v) is 2.03. The van der Waals surface area contributed by atoms with Crippen LogP contribution >= 0.6 is 0 Å². The van der Waals surface area contributed by atoms with E-state index in [0.29, 0.717) is 12.1 Å². The molecule has 0 aliphatic rings. The minimum atomic E-state index is 0.108. The summed E-state index contributed by atoms with van der Waals surface area (Å²) in [4.78, 5) is 11.6. The molecule has 0 spiro atoms. The van der Waals surface area contributed by atoms with Crippen molar-refractivity contribution in [1.29, 1.82) is 0 Å². The van der Waals surface area contributed by atoms with E-state index in [-0.39, 0.29) is 12.2 Å². The molecule has 0 bridgehead atoms. The predicted octanol–water partition coefficient (Wildman–Crippen LogP) is 1.42. The predicted molar refractivity (Wildman–Crippen MR) is 53.2 cm³/mol. The van der Waals surface area contributed by atoms with Crippen LogP contribution in [0.4, 0.5) is 0 Å². The summed E-state index contributed by atoms with van der Waals surface area (Å²) in [6.07, 6.45) is 2.09. The molecule has 2 rings (SSSR count). The quantitative estimate of drug-likeness (QED) is 0.752. The van der Waals surface area contributed by atoms with Gasteiger partial charge in [0.1, 0.15) is 17.7 Å². The smallest absolute Gasteiger partial charge is 0.147 e. The SMILES string of the molecule is O=C(Cc1ccccc1)Cc1conn1. The maximum atomic E-state index is 11.6. The molecule has 4 heteroatoms. The average molecular weight is 202 g/mol. The lowest BCUT2D eigenvalue weighted by molar-refractivity contribution is -0.117. The third kappa shape index (κ3) is 2.74. The Morgan fingerprint density at radius 2 is 2.00 bits per heavy atom. The van der Waals surface area contributed by atoms with Gasteiger partial charge in [-0.25, -0.2) is 0 Å². The topological polar surface area (TPSA) is 56.0 Å². The molecule has 0 aliphatic carbocycles. The lowest BCUT2D eigenvalue weighted by Gasteiger charge is -1.97. The van der Waals surface area contributed by atoms with Crippen molar-refractivity contribution in [3.63, 3.8) is 0 Å². The molecule has 0 fully saturated rings. The first-order valence-electron chi connectivity index (χ1n) is 4.66. The molecule has 0 aliphatic heterocycles. The number of Topliss-reactive ketones (excluding diaryl/α,β-unsaturated/α-hetero) is 1. The van der Waals surface area contributed by atoms with Crippen molar-refractivity contribution in [3.8, 4) is 0 Å². The van der Waals surface area contributed by atoms with Crippen LogP contribution in [0.2, 0.25) is 0 Å². The van der Waals surface area contributed by atoms with Crippen molar-refractivity contribution in [1.82, 2.24) is 10.4 Å². The molecule has 0 radical (unpaired) electrons. The van der Waals surface area contributed by atoms with Crippen LogP contribution in [0.5, 0.6) is 0 Å². The van der Waals surface area contributed by atoms with Gasteiger partial charge in [-0.15, -0.1) is 5.10 Å². The van der Waals surface area contributed by atoms with Gasteiger partial charge in [-0.2, -0.15) is 0 Å². The Kier molecular flexibility index (Phi) is 2.88. The van der Waals surface area contributed by atoms with Crippen LogP contribution in [0.3, 0.4) is 0 Å². The van der Waals surface area contributed by atoms with E-state index in [4.69, 9.17) is 0 Å². The largest absolute Gasteiger partial charge is 0.345 e. The molecule has 0 saturated heterocycles. The number of nitrogens with zero attached hydrogens (tertiary/aromatic N) is 2. The highest BCUT2D eigenvalue weighted by Crippen LogP contribution is 2.03. The van der Waals surface area contributed by atoms with Gasteiger partial charge in [0.25, 0.3) is 0 Å². The summed E-state index contributed by atoms with van der Waals surface area (Å²) in [5, 5.41) is 6.97. The lowest BCUT2D eigenvalue weighted by atomic mass is 10.1. The van der Waals surface area contributed by atoms with Crippen molar-refractivity contribution < 1.29 is 9.32 Å². The van der Waals surface area contributed by atoms with Gasteiger partial charge in [-0.05, 0) is 5.56 Å². The first-order chi connectivity index (χ1) is 7.34. The highest BCUT2D eigenvalue weighted by Gasteiger charge is 2.07. The number of hydrogen-bond acceptors (Lipinski definition) is 4. The summed E-state index contributed by atoms with van der Waals surface area (Å²) in [6.45, 7) is 0. The van der Waals surface area contributed by atoms with E-state index in [1.807, 2.05) is 30.3 Å². The Morgan fingerprint density at radius 1 is 1.20 bits per heavy atom. The number of ketones is 1. The standard InChI is InChI=1S/C11H10N2O2/c14-11(7-10-8-15-13-12-10)6-9-4-2-1-3-5-9/h1-5,8H,6-7H2. The summed E-state index contributed by atoms with van der Waals surface area (Å²) >= 11 is 0. The van der Waals surface area contributed by atoms with Crippen LogP contribution in [-0.2, 0) is 17.6 Å². The Morgan fingerprint density at radius 3 is 2.67 bits per heavy atom. The van der Waals surface area contributed by atoms with E-state index in [0.717, 1.165) is 5.56 Å². The van der Waals surface area contributed by atoms with Gasteiger partial charge in [0, 0.05) is 11.7 Å². The average Bonchev–Trinajstić information content (AvgIpc) is 2.71. The number of carbonyl (C=O) groups excluding carboxylic acids is 1. The second-order valence-corrected chi connectivity index (χ2v) is 3.27. The number of rotatable bonds is 4. The maximum absolute atomic E-state index is 11.6. The second-order valence-electron chi connectivity index (χ2n) is 3.27. The Labute approximate surface area is 86.9 Å². The molecule has 2 aromatic rings. The van der Waals surface area contributed by atoms with E-state index in [1.165, 1.54) is 6.26 Å². The molecule has 0 amide bonds. The molecule has 76 valence electrons. The molecular formula is C11H10N2O2. The summed E-state index contributed by atoms with van der Waals surface area (Å²) in [5.74, 6) is 0.108. The van der Waals surface area contributed by atoms with Gasteiger partial charge in [0.15, 0.2) is 0 Å². The van der Waals surface area contributed by atoms with Gasteiger partial charge in [-0.3, -0.25) is 4.79 Å². The second kappa shape index (κ2) is 4.50. The fraction of sp³-hybridized carbons (Fsp3) is 0.182. The van der Waals surface area contributed by atoms with Crippen LogP contribution in [-0.4, -0.2) is 16.2 Å². The Hall–Kier alpha value is -1.97. The van der Waals surface area contributed by atoms with E-state index in [2.05, 4.69) is 14.9 Å². The number of carbonyl (C=O) groups is 1. The molecule has 4 nitrogen and oxygen atoms in total. The molecule has 0 saturated carbocycles.